The summed E-state index contributed by atoms with van der Waals surface area (Å²) in [5.41, 5.74) is 2.88. The van der Waals surface area contributed by atoms with E-state index in [1.54, 1.807) is 6.92 Å². The van der Waals surface area contributed by atoms with Gasteiger partial charge in [-0.1, -0.05) is 50.6 Å². The third-order valence-electron chi connectivity index (χ3n) is 6.96. The zero-order valence-electron chi connectivity index (χ0n) is 23.3. The Bertz CT molecular complexity index is 1420. The van der Waals surface area contributed by atoms with Gasteiger partial charge in [0, 0.05) is 43.2 Å². The maximum Gasteiger partial charge on any atom is 0.341 e. The van der Waals surface area contributed by atoms with Crippen molar-refractivity contribution in [2.45, 2.75) is 58.0 Å². The fourth-order valence-corrected chi connectivity index (χ4v) is 7.59. The average molecular weight is 584 g/mol. The fraction of sp³-hybridized carbons (Fsp3) is 0.400. The molecule has 1 aliphatic rings. The highest BCUT2D eigenvalue weighted by Gasteiger charge is 2.30. The van der Waals surface area contributed by atoms with Gasteiger partial charge in [-0.15, -0.1) is 11.3 Å². The van der Waals surface area contributed by atoms with Gasteiger partial charge in [-0.05, 0) is 55.2 Å². The fourth-order valence-electron chi connectivity index (χ4n) is 4.83. The molecule has 0 saturated heterocycles. The van der Waals surface area contributed by atoms with E-state index < -0.39 is 21.9 Å². The van der Waals surface area contributed by atoms with Gasteiger partial charge in [0.25, 0.3) is 5.91 Å². The predicted molar refractivity (Wildman–Crippen MR) is 158 cm³/mol. The topological polar surface area (TPSA) is 96.0 Å². The largest absolute Gasteiger partial charge is 0.462 e. The summed E-state index contributed by atoms with van der Waals surface area (Å²) in [6.07, 6.45) is 2.36. The summed E-state index contributed by atoms with van der Waals surface area (Å²) in [6.45, 7) is 8.94. The minimum absolute atomic E-state index is 0.152. The van der Waals surface area contributed by atoms with Crippen LogP contribution in [0.3, 0.4) is 0 Å². The number of unbranched alkanes of at least 4 members (excludes halogenated alkanes) is 1. The van der Waals surface area contributed by atoms with Crippen LogP contribution in [0, 0.1) is 0 Å². The number of thiophene rings is 1. The number of fused-ring (bicyclic) bond motifs is 1. The van der Waals surface area contributed by atoms with Crippen LogP contribution in [0.15, 0.2) is 59.5 Å². The van der Waals surface area contributed by atoms with E-state index in [-0.39, 0.29) is 11.5 Å². The summed E-state index contributed by atoms with van der Waals surface area (Å²) in [7, 11) is -3.64. The SMILES string of the molecule is CCCCN(CC)S(=O)(=O)c1ccc(C(=O)Nc2sc3c(c2C(=O)OCC)CCN(Cc2ccccc2)C3)cc1. The van der Waals surface area contributed by atoms with Crippen molar-refractivity contribution < 1.29 is 22.7 Å². The van der Waals surface area contributed by atoms with Gasteiger partial charge in [-0.2, -0.15) is 4.31 Å². The van der Waals surface area contributed by atoms with Crippen molar-refractivity contribution in [1.82, 2.24) is 9.21 Å². The molecule has 1 amide bonds. The number of carbonyl (C=O) groups is 2. The lowest BCUT2D eigenvalue weighted by molar-refractivity contribution is 0.0526. The number of esters is 1. The molecule has 10 heteroatoms. The number of carbonyl (C=O) groups excluding carboxylic acids is 2. The van der Waals surface area contributed by atoms with Crippen LogP contribution in [-0.4, -0.2) is 55.7 Å². The Hall–Kier alpha value is -3.05. The molecule has 40 heavy (non-hydrogen) atoms. The minimum atomic E-state index is -3.64. The van der Waals surface area contributed by atoms with Gasteiger partial charge in [-0.3, -0.25) is 9.69 Å². The molecule has 0 aliphatic carbocycles. The molecular formula is C30H37N3O5S2. The molecule has 0 spiro atoms. The number of benzene rings is 2. The standard InChI is InChI=1S/C30H37N3O5S2/c1-4-7-18-33(5-2)40(36,37)24-15-13-23(14-16-24)28(34)31-29-27(30(35)38-6-3)25-17-19-32(21-26(25)39-29)20-22-11-9-8-10-12-22/h8-16H,4-7,17-21H2,1-3H3,(H,31,34). The Balaban J connectivity index is 1.54. The molecular weight excluding hydrogens is 546 g/mol. The quantitative estimate of drug-likeness (QED) is 0.281. The summed E-state index contributed by atoms with van der Waals surface area (Å²) in [5, 5.41) is 3.37. The van der Waals surface area contributed by atoms with E-state index in [2.05, 4.69) is 22.3 Å². The second-order valence-corrected chi connectivity index (χ2v) is 12.7. The van der Waals surface area contributed by atoms with Crippen molar-refractivity contribution in [3.63, 3.8) is 0 Å². The smallest absolute Gasteiger partial charge is 0.341 e. The number of nitrogens with one attached hydrogen (secondary N) is 1. The molecule has 3 aromatic rings. The Morgan fingerprint density at radius 3 is 2.42 bits per heavy atom. The molecule has 1 N–H and O–H groups in total. The third-order valence-corrected chi connectivity index (χ3v) is 10.1. The average Bonchev–Trinajstić information content (AvgIpc) is 3.31. The van der Waals surface area contributed by atoms with E-state index in [0.29, 0.717) is 42.2 Å². The molecule has 4 rings (SSSR count). The number of rotatable bonds is 12. The molecule has 0 radical (unpaired) electrons. The van der Waals surface area contributed by atoms with Gasteiger partial charge >= 0.3 is 5.97 Å². The Morgan fingerprint density at radius 2 is 1.77 bits per heavy atom. The van der Waals surface area contributed by atoms with Gasteiger partial charge in [0.1, 0.15) is 5.00 Å². The summed E-state index contributed by atoms with van der Waals surface area (Å²) in [4.78, 5) is 29.7. The summed E-state index contributed by atoms with van der Waals surface area (Å²) in [6, 6.07) is 16.2. The summed E-state index contributed by atoms with van der Waals surface area (Å²) < 4.78 is 32.9. The van der Waals surface area contributed by atoms with Gasteiger partial charge in [0.15, 0.2) is 0 Å². The second-order valence-electron chi connectivity index (χ2n) is 9.70. The first-order valence-electron chi connectivity index (χ1n) is 13.8. The Morgan fingerprint density at radius 1 is 1.05 bits per heavy atom. The first-order chi connectivity index (χ1) is 19.3. The van der Waals surface area contributed by atoms with Crippen LogP contribution in [0.25, 0.3) is 0 Å². The van der Waals surface area contributed by atoms with Crippen molar-refractivity contribution in [3.05, 3.63) is 81.7 Å². The van der Waals surface area contributed by atoms with E-state index in [0.717, 1.165) is 36.4 Å². The molecule has 2 aromatic carbocycles. The number of sulfonamides is 1. The number of hydrogen-bond acceptors (Lipinski definition) is 7. The van der Waals surface area contributed by atoms with Crippen LogP contribution in [0.2, 0.25) is 0 Å². The molecule has 0 atom stereocenters. The first-order valence-corrected chi connectivity index (χ1v) is 16.0. The van der Waals surface area contributed by atoms with E-state index in [1.807, 2.05) is 32.0 Å². The van der Waals surface area contributed by atoms with Gasteiger partial charge in [0.2, 0.25) is 10.0 Å². The zero-order chi connectivity index (χ0) is 28.7. The van der Waals surface area contributed by atoms with E-state index >= 15 is 0 Å². The van der Waals surface area contributed by atoms with Gasteiger partial charge in [-0.25, -0.2) is 13.2 Å². The predicted octanol–water partition coefficient (Wildman–Crippen LogP) is 5.55. The molecule has 0 bridgehead atoms. The lowest BCUT2D eigenvalue weighted by atomic mass is 10.0. The zero-order valence-corrected chi connectivity index (χ0v) is 24.9. The highest BCUT2D eigenvalue weighted by atomic mass is 32.2. The first kappa shape index (κ1) is 29.9. The van der Waals surface area contributed by atoms with Crippen molar-refractivity contribution >= 4 is 38.2 Å². The third kappa shape index (κ3) is 6.80. The van der Waals surface area contributed by atoms with Crippen LogP contribution >= 0.6 is 11.3 Å². The van der Waals surface area contributed by atoms with Gasteiger partial charge in [0.05, 0.1) is 17.1 Å². The molecule has 0 fully saturated rings. The van der Waals surface area contributed by atoms with Crippen LogP contribution in [0.4, 0.5) is 5.00 Å². The van der Waals surface area contributed by atoms with Crippen LogP contribution in [-0.2, 0) is 34.3 Å². The maximum absolute atomic E-state index is 13.2. The van der Waals surface area contributed by atoms with Crippen molar-refractivity contribution in [2.75, 3.05) is 31.6 Å². The van der Waals surface area contributed by atoms with Crippen LogP contribution in [0.5, 0.6) is 0 Å². The molecule has 1 aromatic heterocycles. The Labute approximate surface area is 241 Å². The number of amides is 1. The highest BCUT2D eigenvalue weighted by molar-refractivity contribution is 7.89. The number of hydrogen-bond donors (Lipinski definition) is 1. The number of nitrogens with zero attached hydrogens (tertiary/aromatic N) is 2. The molecule has 214 valence electrons. The number of anilines is 1. The lowest BCUT2D eigenvalue weighted by Crippen LogP contribution is -2.31. The monoisotopic (exact) mass is 583 g/mol. The van der Waals surface area contributed by atoms with Crippen LogP contribution < -0.4 is 5.32 Å². The lowest BCUT2D eigenvalue weighted by Gasteiger charge is -2.27. The maximum atomic E-state index is 13.2. The van der Waals surface area contributed by atoms with Crippen molar-refractivity contribution in [3.8, 4) is 0 Å². The summed E-state index contributed by atoms with van der Waals surface area (Å²) in [5.74, 6) is -0.854. The van der Waals surface area contributed by atoms with Crippen molar-refractivity contribution in [2.24, 2.45) is 0 Å². The molecule has 0 unspecified atom stereocenters. The second kappa shape index (κ2) is 13.5. The van der Waals surface area contributed by atoms with E-state index in [1.165, 1.54) is 45.5 Å². The normalized spacial score (nSPS) is 13.7. The molecule has 8 nitrogen and oxygen atoms in total. The molecule has 2 heterocycles. The van der Waals surface area contributed by atoms with Crippen molar-refractivity contribution in [1.29, 1.82) is 0 Å². The number of ether oxygens (including phenoxy) is 1. The Kier molecular flexibility index (Phi) is 10.1. The van der Waals surface area contributed by atoms with E-state index in [4.69, 9.17) is 4.74 Å². The minimum Gasteiger partial charge on any atom is -0.462 e. The summed E-state index contributed by atoms with van der Waals surface area (Å²) >= 11 is 1.40. The van der Waals surface area contributed by atoms with Crippen LogP contribution in [0.1, 0.15) is 70.3 Å². The van der Waals surface area contributed by atoms with E-state index in [9.17, 15) is 18.0 Å². The molecule has 0 saturated carbocycles. The highest BCUT2D eigenvalue weighted by Crippen LogP contribution is 2.38. The van der Waals surface area contributed by atoms with Gasteiger partial charge < -0.3 is 10.1 Å². The molecule has 1 aliphatic heterocycles.